The van der Waals surface area contributed by atoms with Crippen molar-refractivity contribution in [2.75, 3.05) is 11.6 Å². The number of amides is 2. The Kier molecular flexibility index (Phi) is 9.30. The van der Waals surface area contributed by atoms with Crippen molar-refractivity contribution in [3.63, 3.8) is 0 Å². The van der Waals surface area contributed by atoms with Crippen LogP contribution in [-0.2, 0) is 31.3 Å². The molecule has 0 aliphatic carbocycles. The molecule has 2 aromatic carbocycles. The minimum atomic E-state index is -3.44. The van der Waals surface area contributed by atoms with Gasteiger partial charge in [-0.15, -0.1) is 0 Å². The molecule has 0 aliphatic rings. The van der Waals surface area contributed by atoms with Gasteiger partial charge in [0.2, 0.25) is 7.37 Å². The first-order valence-electron chi connectivity index (χ1n) is 11.1. The van der Waals surface area contributed by atoms with E-state index in [0.717, 1.165) is 5.56 Å². The quantitative estimate of drug-likeness (QED) is 0.409. The van der Waals surface area contributed by atoms with Crippen LogP contribution in [0.2, 0.25) is 0 Å². The van der Waals surface area contributed by atoms with Gasteiger partial charge in [0.15, 0.2) is 0 Å². The van der Waals surface area contributed by atoms with Gasteiger partial charge >= 0.3 is 12.2 Å². The molecular weight excluding hydrogens is 455 g/mol. The van der Waals surface area contributed by atoms with Gasteiger partial charge in [0.1, 0.15) is 11.2 Å². The zero-order valence-electron chi connectivity index (χ0n) is 20.7. The predicted octanol–water partition coefficient (Wildman–Crippen LogP) is 6.51. The van der Waals surface area contributed by atoms with Crippen LogP contribution >= 0.6 is 7.37 Å². The van der Waals surface area contributed by atoms with Gasteiger partial charge in [-0.1, -0.05) is 48.5 Å². The second-order valence-corrected chi connectivity index (χ2v) is 12.4. The lowest BCUT2D eigenvalue weighted by Gasteiger charge is -2.24. The number of ether oxygens (including phenoxy) is 2. The van der Waals surface area contributed by atoms with Crippen LogP contribution in [0.1, 0.15) is 52.7 Å². The fourth-order valence-electron chi connectivity index (χ4n) is 2.87. The number of anilines is 1. The lowest BCUT2D eigenvalue weighted by molar-refractivity contribution is 0.0533. The molecule has 34 heavy (non-hydrogen) atoms. The third-order valence-corrected chi connectivity index (χ3v) is 6.30. The Morgan fingerprint density at radius 3 is 2.00 bits per heavy atom. The Bertz CT molecular complexity index is 1010. The molecule has 1 unspecified atom stereocenters. The summed E-state index contributed by atoms with van der Waals surface area (Å²) in [4.78, 5) is 24.5. The molecular formula is C25H35N2O6P. The lowest BCUT2D eigenvalue weighted by atomic mass is 10.2. The number of alkyl carbamates (subject to hydrolysis) is 1. The summed E-state index contributed by atoms with van der Waals surface area (Å²) in [6.45, 7) is 10.7. The standard InChI is InChI=1S/C25H35N2O6P/c1-24(2,3)32-22(28)26-18-34(30,31-16-19-12-8-7-9-13-19)17-20-14-10-11-15-21(20)27-23(29)33-25(4,5)6/h7-15H,16-18H2,1-6H3,(H,26,28)(H,27,29). The largest absolute Gasteiger partial charge is 0.444 e. The van der Waals surface area contributed by atoms with Crippen LogP contribution in [0.25, 0.3) is 0 Å². The van der Waals surface area contributed by atoms with Gasteiger partial charge in [0.25, 0.3) is 0 Å². The second kappa shape index (κ2) is 11.5. The fraction of sp³-hybridized carbons (Fsp3) is 0.440. The number of carbonyl (C=O) groups is 2. The van der Waals surface area contributed by atoms with Crippen LogP contribution in [0, 0.1) is 0 Å². The molecule has 2 amide bonds. The summed E-state index contributed by atoms with van der Waals surface area (Å²) >= 11 is 0. The van der Waals surface area contributed by atoms with Crippen molar-refractivity contribution in [3.05, 3.63) is 65.7 Å². The van der Waals surface area contributed by atoms with E-state index >= 15 is 0 Å². The van der Waals surface area contributed by atoms with Crippen molar-refractivity contribution in [2.24, 2.45) is 0 Å². The summed E-state index contributed by atoms with van der Waals surface area (Å²) in [6.07, 6.45) is -1.54. The second-order valence-electron chi connectivity index (χ2n) is 9.85. The zero-order valence-corrected chi connectivity index (χ0v) is 21.6. The molecule has 1 atom stereocenters. The van der Waals surface area contributed by atoms with E-state index in [4.69, 9.17) is 14.0 Å². The van der Waals surface area contributed by atoms with Crippen molar-refractivity contribution >= 4 is 25.2 Å². The Labute approximate surface area is 201 Å². The molecule has 8 nitrogen and oxygen atoms in total. The fourth-order valence-corrected chi connectivity index (χ4v) is 4.71. The summed E-state index contributed by atoms with van der Waals surface area (Å²) in [6, 6.07) is 16.3. The number of carbonyl (C=O) groups excluding carboxylic acids is 2. The van der Waals surface area contributed by atoms with Gasteiger partial charge in [-0.2, -0.15) is 0 Å². The molecule has 0 aromatic heterocycles. The highest BCUT2D eigenvalue weighted by Crippen LogP contribution is 2.51. The number of nitrogens with one attached hydrogen (secondary N) is 2. The predicted molar refractivity (Wildman–Crippen MR) is 133 cm³/mol. The van der Waals surface area contributed by atoms with Crippen LogP contribution in [0.3, 0.4) is 0 Å². The van der Waals surface area contributed by atoms with Crippen LogP contribution in [-0.4, -0.2) is 29.7 Å². The number of benzene rings is 2. The van der Waals surface area contributed by atoms with Crippen LogP contribution in [0.15, 0.2) is 54.6 Å². The van der Waals surface area contributed by atoms with E-state index < -0.39 is 30.8 Å². The van der Waals surface area contributed by atoms with E-state index in [1.54, 1.807) is 65.8 Å². The Hall–Kier alpha value is -2.83. The number of hydrogen-bond acceptors (Lipinski definition) is 6. The highest BCUT2D eigenvalue weighted by molar-refractivity contribution is 7.58. The monoisotopic (exact) mass is 490 g/mol. The normalized spacial score (nSPS) is 13.5. The number of para-hydroxylation sites is 1. The minimum absolute atomic E-state index is 0.0123. The van der Waals surface area contributed by atoms with Gasteiger partial charge in [0, 0.05) is 5.69 Å². The molecule has 0 bridgehead atoms. The van der Waals surface area contributed by atoms with Gasteiger partial charge in [0.05, 0.1) is 19.1 Å². The number of hydrogen-bond donors (Lipinski definition) is 2. The van der Waals surface area contributed by atoms with Crippen molar-refractivity contribution < 1.29 is 28.2 Å². The van der Waals surface area contributed by atoms with Gasteiger partial charge in [-0.3, -0.25) is 9.88 Å². The van der Waals surface area contributed by atoms with Gasteiger partial charge in [-0.25, -0.2) is 9.59 Å². The van der Waals surface area contributed by atoms with Crippen LogP contribution in [0.4, 0.5) is 15.3 Å². The topological polar surface area (TPSA) is 103 Å². The molecule has 0 fully saturated rings. The van der Waals surface area contributed by atoms with E-state index in [1.807, 2.05) is 30.3 Å². The van der Waals surface area contributed by atoms with Crippen molar-refractivity contribution in [1.29, 1.82) is 0 Å². The molecule has 2 rings (SSSR count). The third-order valence-electron chi connectivity index (χ3n) is 4.24. The van der Waals surface area contributed by atoms with Crippen LogP contribution < -0.4 is 10.6 Å². The summed E-state index contributed by atoms with van der Waals surface area (Å²) in [5.74, 6) is 0. The Morgan fingerprint density at radius 1 is 0.824 bits per heavy atom. The van der Waals surface area contributed by atoms with Gasteiger partial charge < -0.3 is 19.3 Å². The van der Waals surface area contributed by atoms with Crippen molar-refractivity contribution in [2.45, 2.75) is 65.5 Å². The molecule has 0 aliphatic heterocycles. The number of rotatable bonds is 8. The average Bonchev–Trinajstić information content (AvgIpc) is 2.71. The molecule has 186 valence electrons. The maximum atomic E-state index is 13.9. The molecule has 0 radical (unpaired) electrons. The highest BCUT2D eigenvalue weighted by Gasteiger charge is 2.28. The van der Waals surface area contributed by atoms with Crippen LogP contribution in [0.5, 0.6) is 0 Å². The van der Waals surface area contributed by atoms with Gasteiger partial charge in [-0.05, 0) is 58.7 Å². The molecule has 2 aromatic rings. The zero-order chi connectivity index (χ0) is 25.4. The first kappa shape index (κ1) is 27.4. The van der Waals surface area contributed by atoms with Crippen molar-refractivity contribution in [1.82, 2.24) is 5.32 Å². The van der Waals surface area contributed by atoms with E-state index in [1.165, 1.54) is 0 Å². The van der Waals surface area contributed by atoms with E-state index in [0.29, 0.717) is 11.3 Å². The molecule has 0 spiro atoms. The summed E-state index contributed by atoms with van der Waals surface area (Å²) in [5, 5.41) is 5.28. The Morgan fingerprint density at radius 2 is 1.38 bits per heavy atom. The van der Waals surface area contributed by atoms with E-state index in [-0.39, 0.29) is 19.1 Å². The minimum Gasteiger partial charge on any atom is -0.444 e. The first-order chi connectivity index (χ1) is 15.7. The SMILES string of the molecule is CC(C)(C)OC(=O)NCP(=O)(Cc1ccccc1NC(=O)OC(C)(C)C)OCc1ccccc1. The first-order valence-corrected chi connectivity index (χ1v) is 13.1. The molecule has 0 saturated carbocycles. The third kappa shape index (κ3) is 10.4. The maximum absolute atomic E-state index is 13.9. The lowest BCUT2D eigenvalue weighted by Crippen LogP contribution is -2.33. The van der Waals surface area contributed by atoms with Crippen molar-refractivity contribution in [3.8, 4) is 0 Å². The Balaban J connectivity index is 2.21. The average molecular weight is 491 g/mol. The smallest absolute Gasteiger partial charge is 0.412 e. The molecule has 9 heteroatoms. The summed E-state index contributed by atoms with van der Waals surface area (Å²) in [5.41, 5.74) is 0.543. The summed E-state index contributed by atoms with van der Waals surface area (Å²) in [7, 11) is -3.44. The van der Waals surface area contributed by atoms with E-state index in [9.17, 15) is 14.2 Å². The van der Waals surface area contributed by atoms with E-state index in [2.05, 4.69) is 10.6 Å². The molecule has 2 N–H and O–H groups in total. The highest BCUT2D eigenvalue weighted by atomic mass is 31.2. The molecule has 0 heterocycles. The summed E-state index contributed by atoms with van der Waals surface area (Å²) < 4.78 is 30.3. The maximum Gasteiger partial charge on any atom is 0.412 e. The molecule has 0 saturated heterocycles.